The number of unbranched alkanes of at least 4 members (excludes halogenated alkanes) is 1. The van der Waals surface area contributed by atoms with Crippen molar-refractivity contribution in [3.63, 3.8) is 0 Å². The van der Waals surface area contributed by atoms with E-state index in [-0.39, 0.29) is 18.7 Å². The van der Waals surface area contributed by atoms with Crippen LogP contribution in [-0.4, -0.2) is 89.1 Å². The van der Waals surface area contributed by atoms with Crippen LogP contribution in [0.4, 0.5) is 0 Å². The van der Waals surface area contributed by atoms with Crippen molar-refractivity contribution >= 4 is 41.4 Å². The van der Waals surface area contributed by atoms with Gasteiger partial charge < -0.3 is 37.2 Å². The quantitative estimate of drug-likeness (QED) is 0.127. The standard InChI is InChI=1S/C20H35N5O7S/c1-33-10-7-14(20(31)32)24-19(30)15(11-16(26)27)25-18(29)13(5-2-3-8-21)23-17(28)12-6-4-9-22-12/h12-15,22H,2-11,21H2,1H3,(H,23,28)(H,24,30)(H,25,29)(H,26,27)(H,31,32). The van der Waals surface area contributed by atoms with E-state index in [0.717, 1.165) is 6.42 Å². The number of hydrogen-bond acceptors (Lipinski definition) is 8. The highest BCUT2D eigenvalue weighted by molar-refractivity contribution is 7.98. The van der Waals surface area contributed by atoms with Crippen LogP contribution in [0.2, 0.25) is 0 Å². The molecule has 1 aliphatic rings. The number of amides is 3. The van der Waals surface area contributed by atoms with Gasteiger partial charge in [0.1, 0.15) is 18.1 Å². The zero-order chi connectivity index (χ0) is 24.8. The molecule has 13 heteroatoms. The van der Waals surface area contributed by atoms with Crippen molar-refractivity contribution in [2.75, 3.05) is 25.1 Å². The normalized spacial score (nSPS) is 18.1. The van der Waals surface area contributed by atoms with Crippen molar-refractivity contribution in [1.29, 1.82) is 0 Å². The fraction of sp³-hybridized carbons (Fsp3) is 0.750. The minimum atomic E-state index is -1.50. The maximum absolute atomic E-state index is 12.9. The van der Waals surface area contributed by atoms with E-state index >= 15 is 0 Å². The fourth-order valence-corrected chi connectivity index (χ4v) is 3.84. The number of rotatable bonds is 16. The minimum Gasteiger partial charge on any atom is -0.481 e. The lowest BCUT2D eigenvalue weighted by molar-refractivity contribution is -0.143. The average Bonchev–Trinajstić information content (AvgIpc) is 3.29. The molecule has 33 heavy (non-hydrogen) atoms. The molecule has 4 atom stereocenters. The minimum absolute atomic E-state index is 0.141. The molecule has 0 aliphatic carbocycles. The van der Waals surface area contributed by atoms with Gasteiger partial charge in [0, 0.05) is 0 Å². The Balaban J connectivity index is 2.89. The molecule has 1 rings (SSSR count). The number of hydrogen-bond donors (Lipinski definition) is 7. The second kappa shape index (κ2) is 15.5. The summed E-state index contributed by atoms with van der Waals surface area (Å²) < 4.78 is 0. The summed E-state index contributed by atoms with van der Waals surface area (Å²) in [5.41, 5.74) is 5.51. The van der Waals surface area contributed by atoms with Gasteiger partial charge in [0.05, 0.1) is 12.5 Å². The zero-order valence-electron chi connectivity index (χ0n) is 18.8. The second-order valence-electron chi connectivity index (χ2n) is 7.83. The fourth-order valence-electron chi connectivity index (χ4n) is 3.36. The second-order valence-corrected chi connectivity index (χ2v) is 8.82. The van der Waals surface area contributed by atoms with E-state index in [9.17, 15) is 34.2 Å². The van der Waals surface area contributed by atoms with Crippen LogP contribution in [0, 0.1) is 0 Å². The molecule has 1 aliphatic heterocycles. The first-order valence-electron chi connectivity index (χ1n) is 11.0. The summed E-state index contributed by atoms with van der Waals surface area (Å²) in [6, 6.07) is -4.11. The molecule has 8 N–H and O–H groups in total. The lowest BCUT2D eigenvalue weighted by Gasteiger charge is -2.24. The molecule has 0 aromatic carbocycles. The van der Waals surface area contributed by atoms with Crippen molar-refractivity contribution in [1.82, 2.24) is 21.3 Å². The van der Waals surface area contributed by atoms with E-state index in [1.165, 1.54) is 11.8 Å². The third-order valence-electron chi connectivity index (χ3n) is 5.19. The van der Waals surface area contributed by atoms with Crippen molar-refractivity contribution in [3.8, 4) is 0 Å². The maximum Gasteiger partial charge on any atom is 0.326 e. The molecule has 12 nitrogen and oxygen atoms in total. The molecule has 0 aromatic rings. The molecule has 1 heterocycles. The summed E-state index contributed by atoms with van der Waals surface area (Å²) in [6.07, 6.45) is 4.09. The molecule has 0 aromatic heterocycles. The summed E-state index contributed by atoms with van der Waals surface area (Å²) in [5.74, 6) is -4.10. The summed E-state index contributed by atoms with van der Waals surface area (Å²) in [4.78, 5) is 60.7. The van der Waals surface area contributed by atoms with Gasteiger partial charge in [-0.3, -0.25) is 19.2 Å². The Morgan fingerprint density at radius 2 is 1.67 bits per heavy atom. The van der Waals surface area contributed by atoms with Crippen LogP contribution in [-0.2, 0) is 24.0 Å². The first kappa shape index (κ1) is 28.7. The van der Waals surface area contributed by atoms with Gasteiger partial charge in [-0.05, 0) is 63.6 Å². The molecular weight excluding hydrogens is 454 g/mol. The first-order valence-corrected chi connectivity index (χ1v) is 12.4. The lowest BCUT2D eigenvalue weighted by atomic mass is 10.1. The van der Waals surface area contributed by atoms with Gasteiger partial charge in [0.2, 0.25) is 17.7 Å². The van der Waals surface area contributed by atoms with Gasteiger partial charge in [0.25, 0.3) is 0 Å². The number of carbonyl (C=O) groups is 5. The van der Waals surface area contributed by atoms with Gasteiger partial charge in [-0.1, -0.05) is 0 Å². The van der Waals surface area contributed by atoms with Gasteiger partial charge in [-0.15, -0.1) is 0 Å². The third kappa shape index (κ3) is 10.9. The zero-order valence-corrected chi connectivity index (χ0v) is 19.6. The number of aliphatic carboxylic acids is 2. The van der Waals surface area contributed by atoms with Crippen LogP contribution in [0.3, 0.4) is 0 Å². The number of thioether (sulfide) groups is 1. The van der Waals surface area contributed by atoms with E-state index in [2.05, 4.69) is 21.3 Å². The summed E-state index contributed by atoms with van der Waals surface area (Å²) in [5, 5.41) is 28.9. The highest BCUT2D eigenvalue weighted by Gasteiger charge is 2.32. The Labute approximate surface area is 197 Å². The highest BCUT2D eigenvalue weighted by atomic mass is 32.2. The number of carboxylic acid groups (broad SMARTS) is 2. The van der Waals surface area contributed by atoms with Crippen LogP contribution in [0.25, 0.3) is 0 Å². The SMILES string of the molecule is CSCCC(NC(=O)C(CC(=O)O)NC(=O)C(CCCCN)NC(=O)C1CCCN1)C(=O)O. The number of carboxylic acids is 2. The van der Waals surface area contributed by atoms with Crippen molar-refractivity contribution in [2.45, 2.75) is 69.1 Å². The lowest BCUT2D eigenvalue weighted by Crippen LogP contribution is -2.57. The molecule has 0 bridgehead atoms. The van der Waals surface area contributed by atoms with E-state index < -0.39 is 54.3 Å². The summed E-state index contributed by atoms with van der Waals surface area (Å²) in [6.45, 7) is 1.10. The number of nitrogens with one attached hydrogen (secondary N) is 4. The van der Waals surface area contributed by atoms with Gasteiger partial charge in [-0.2, -0.15) is 11.8 Å². The molecular formula is C20H35N5O7S. The predicted molar refractivity (Wildman–Crippen MR) is 123 cm³/mol. The molecule has 1 saturated heterocycles. The van der Waals surface area contributed by atoms with E-state index in [0.29, 0.717) is 38.1 Å². The smallest absolute Gasteiger partial charge is 0.326 e. The van der Waals surface area contributed by atoms with Crippen LogP contribution in [0.5, 0.6) is 0 Å². The molecule has 3 amide bonds. The summed E-state index contributed by atoms with van der Waals surface area (Å²) in [7, 11) is 0. The maximum atomic E-state index is 12.9. The van der Waals surface area contributed by atoms with Crippen LogP contribution >= 0.6 is 11.8 Å². The highest BCUT2D eigenvalue weighted by Crippen LogP contribution is 2.08. The Kier molecular flexibility index (Phi) is 13.4. The topological polar surface area (TPSA) is 200 Å². The van der Waals surface area contributed by atoms with E-state index in [1.807, 2.05) is 0 Å². The Hall–Kier alpha value is -2.38. The number of carbonyl (C=O) groups excluding carboxylic acids is 3. The van der Waals surface area contributed by atoms with Crippen molar-refractivity contribution in [3.05, 3.63) is 0 Å². The van der Waals surface area contributed by atoms with Gasteiger partial charge >= 0.3 is 11.9 Å². The van der Waals surface area contributed by atoms with Crippen LogP contribution in [0.15, 0.2) is 0 Å². The summed E-state index contributed by atoms with van der Waals surface area (Å²) >= 11 is 1.40. The predicted octanol–water partition coefficient (Wildman–Crippen LogP) is -1.37. The molecule has 0 spiro atoms. The van der Waals surface area contributed by atoms with Crippen molar-refractivity contribution < 1.29 is 34.2 Å². The first-order chi connectivity index (χ1) is 15.7. The number of nitrogens with two attached hydrogens (primary N) is 1. The Morgan fingerprint density at radius 3 is 2.21 bits per heavy atom. The molecule has 4 unspecified atom stereocenters. The van der Waals surface area contributed by atoms with Crippen LogP contribution < -0.4 is 27.0 Å². The largest absolute Gasteiger partial charge is 0.481 e. The third-order valence-corrected chi connectivity index (χ3v) is 5.84. The van der Waals surface area contributed by atoms with E-state index in [1.54, 1.807) is 6.26 Å². The van der Waals surface area contributed by atoms with E-state index in [4.69, 9.17) is 5.73 Å². The molecule has 1 fully saturated rings. The Morgan fingerprint density at radius 1 is 1.00 bits per heavy atom. The Bertz CT molecular complexity index is 688. The molecule has 0 saturated carbocycles. The van der Waals surface area contributed by atoms with Gasteiger partial charge in [0.15, 0.2) is 0 Å². The van der Waals surface area contributed by atoms with Gasteiger partial charge in [-0.25, -0.2) is 4.79 Å². The average molecular weight is 490 g/mol. The van der Waals surface area contributed by atoms with Crippen LogP contribution in [0.1, 0.15) is 44.9 Å². The molecule has 0 radical (unpaired) electrons. The molecule has 188 valence electrons. The monoisotopic (exact) mass is 489 g/mol. The van der Waals surface area contributed by atoms with Crippen molar-refractivity contribution in [2.24, 2.45) is 5.73 Å².